The Morgan fingerprint density at radius 1 is 0.852 bits per heavy atom. The second-order valence-electron chi connectivity index (χ2n) is 8.52. The van der Waals surface area contributed by atoms with Gasteiger partial charge >= 0.3 is 0 Å². The average molecular weight is 364 g/mol. The van der Waals surface area contributed by atoms with Crippen molar-refractivity contribution in [3.63, 3.8) is 0 Å². The number of allylic oxidation sites excluding steroid dienone is 1. The van der Waals surface area contributed by atoms with Crippen molar-refractivity contribution in [3.8, 4) is 0 Å². The smallest absolute Gasteiger partial charge is 0.222 e. The van der Waals surface area contributed by atoms with E-state index in [1.54, 1.807) is 0 Å². The average Bonchev–Trinajstić information content (AvgIpc) is 3.11. The molecule has 3 nitrogen and oxygen atoms in total. The van der Waals surface area contributed by atoms with Gasteiger partial charge in [-0.25, -0.2) is 0 Å². The molecule has 2 aromatic rings. The van der Waals surface area contributed by atoms with Gasteiger partial charge in [0.1, 0.15) is 5.76 Å². The van der Waals surface area contributed by atoms with Gasteiger partial charge in [0.15, 0.2) is 0 Å². The molecule has 4 rings (SSSR count). The normalized spacial score (nSPS) is 19.0. The Balaban J connectivity index is 1.68. The van der Waals surface area contributed by atoms with Gasteiger partial charge in [-0.05, 0) is 35.8 Å². The van der Waals surface area contributed by atoms with Gasteiger partial charge in [0.25, 0.3) is 0 Å². The predicted molar refractivity (Wildman–Crippen MR) is 108 cm³/mol. The Hall–Kier alpha value is -2.10. The number of aliphatic hydroxyl groups is 1. The maximum Gasteiger partial charge on any atom is 0.222 e. The first-order chi connectivity index (χ1) is 12.9. The maximum absolute atomic E-state index is 10.4. The van der Waals surface area contributed by atoms with Crippen LogP contribution < -0.4 is 0 Å². The molecule has 2 aromatic carbocycles. The van der Waals surface area contributed by atoms with Gasteiger partial charge in [0, 0.05) is 16.7 Å². The van der Waals surface area contributed by atoms with Crippen molar-refractivity contribution in [2.45, 2.75) is 51.2 Å². The van der Waals surface area contributed by atoms with Crippen molar-refractivity contribution < 1.29 is 14.6 Å². The number of ether oxygens (including phenoxy) is 2. The third kappa shape index (κ3) is 3.30. The van der Waals surface area contributed by atoms with Crippen molar-refractivity contribution >= 4 is 5.76 Å². The van der Waals surface area contributed by atoms with E-state index in [0.29, 0.717) is 19.0 Å². The molecule has 1 heterocycles. The lowest BCUT2D eigenvalue weighted by Crippen LogP contribution is -2.29. The van der Waals surface area contributed by atoms with Gasteiger partial charge in [-0.1, -0.05) is 69.3 Å². The Morgan fingerprint density at radius 3 is 1.81 bits per heavy atom. The number of hydrogen-bond acceptors (Lipinski definition) is 3. The number of aliphatic hydroxyl groups excluding tert-OH is 1. The van der Waals surface area contributed by atoms with E-state index in [1.165, 1.54) is 12.0 Å². The van der Waals surface area contributed by atoms with E-state index in [-0.39, 0.29) is 5.41 Å². The second kappa shape index (κ2) is 6.81. The zero-order valence-corrected chi connectivity index (χ0v) is 16.4. The van der Waals surface area contributed by atoms with Crippen molar-refractivity contribution in [2.75, 3.05) is 13.2 Å². The summed E-state index contributed by atoms with van der Waals surface area (Å²) < 4.78 is 12.2. The van der Waals surface area contributed by atoms with Gasteiger partial charge in [-0.15, -0.1) is 0 Å². The number of rotatable bonds is 3. The molecule has 0 atom stereocenters. The molecule has 0 radical (unpaired) electrons. The Bertz CT molecular complexity index is 827. The van der Waals surface area contributed by atoms with Crippen LogP contribution in [0.25, 0.3) is 5.76 Å². The van der Waals surface area contributed by atoms with Crippen LogP contribution in [0, 0.1) is 0 Å². The SMILES string of the molecule is CC(C)(C)c1ccc(C2(c3ccc(C(O)=C4CCC4)cc3)OCCO2)cc1. The molecular weight excluding hydrogens is 336 g/mol. The van der Waals surface area contributed by atoms with Gasteiger partial charge in [0.2, 0.25) is 5.79 Å². The maximum atomic E-state index is 10.4. The Kier molecular flexibility index (Phi) is 4.61. The molecule has 1 saturated carbocycles. The predicted octanol–water partition coefficient (Wildman–Crippen LogP) is 5.69. The van der Waals surface area contributed by atoms with E-state index in [1.807, 2.05) is 24.3 Å². The van der Waals surface area contributed by atoms with Crippen LogP contribution in [0.3, 0.4) is 0 Å². The van der Waals surface area contributed by atoms with Crippen LogP contribution in [0.5, 0.6) is 0 Å². The summed E-state index contributed by atoms with van der Waals surface area (Å²) in [6.45, 7) is 7.77. The fourth-order valence-corrected chi connectivity index (χ4v) is 3.74. The van der Waals surface area contributed by atoms with E-state index < -0.39 is 5.79 Å². The van der Waals surface area contributed by atoms with Crippen LogP contribution in [0.15, 0.2) is 54.1 Å². The quantitative estimate of drug-likeness (QED) is 0.712. The molecule has 0 bridgehead atoms. The summed E-state index contributed by atoms with van der Waals surface area (Å²) in [6, 6.07) is 16.5. The zero-order chi connectivity index (χ0) is 19.1. The first-order valence-electron chi connectivity index (χ1n) is 9.81. The lowest BCUT2D eigenvalue weighted by Gasteiger charge is -2.29. The first kappa shape index (κ1) is 18.3. The molecule has 0 aromatic heterocycles. The number of hydrogen-bond donors (Lipinski definition) is 1. The Labute approximate surface area is 161 Å². The summed E-state index contributed by atoms with van der Waals surface area (Å²) in [5.41, 5.74) is 5.37. The van der Waals surface area contributed by atoms with Crippen molar-refractivity contribution in [1.29, 1.82) is 0 Å². The molecule has 3 heteroatoms. The van der Waals surface area contributed by atoms with E-state index in [2.05, 4.69) is 45.0 Å². The van der Waals surface area contributed by atoms with Gasteiger partial charge < -0.3 is 14.6 Å². The van der Waals surface area contributed by atoms with Gasteiger partial charge in [-0.2, -0.15) is 0 Å². The fourth-order valence-electron chi connectivity index (χ4n) is 3.74. The van der Waals surface area contributed by atoms with E-state index in [0.717, 1.165) is 35.1 Å². The molecular formula is C24H28O3. The first-order valence-corrected chi connectivity index (χ1v) is 9.81. The highest BCUT2D eigenvalue weighted by molar-refractivity contribution is 5.63. The summed E-state index contributed by atoms with van der Waals surface area (Å²) in [7, 11) is 0. The molecule has 1 saturated heterocycles. The largest absolute Gasteiger partial charge is 0.507 e. The van der Waals surface area contributed by atoms with E-state index >= 15 is 0 Å². The molecule has 0 unspecified atom stereocenters. The fraction of sp³-hybridized carbons (Fsp3) is 0.417. The minimum atomic E-state index is -0.867. The highest BCUT2D eigenvalue weighted by Crippen LogP contribution is 2.40. The molecule has 0 spiro atoms. The minimum absolute atomic E-state index is 0.108. The summed E-state index contributed by atoms with van der Waals surface area (Å²) >= 11 is 0. The van der Waals surface area contributed by atoms with Crippen LogP contribution in [-0.2, 0) is 20.7 Å². The monoisotopic (exact) mass is 364 g/mol. The summed E-state index contributed by atoms with van der Waals surface area (Å²) in [5.74, 6) is -0.432. The van der Waals surface area contributed by atoms with Crippen molar-refractivity contribution in [2.24, 2.45) is 0 Å². The van der Waals surface area contributed by atoms with E-state index in [4.69, 9.17) is 9.47 Å². The highest BCUT2D eigenvalue weighted by Gasteiger charge is 2.40. The molecule has 142 valence electrons. The third-order valence-electron chi connectivity index (χ3n) is 5.66. The highest BCUT2D eigenvalue weighted by atomic mass is 16.7. The van der Waals surface area contributed by atoms with Crippen molar-refractivity contribution in [1.82, 2.24) is 0 Å². The molecule has 2 fully saturated rings. The molecule has 1 N–H and O–H groups in total. The second-order valence-corrected chi connectivity index (χ2v) is 8.52. The minimum Gasteiger partial charge on any atom is -0.507 e. The summed E-state index contributed by atoms with van der Waals surface area (Å²) in [4.78, 5) is 0. The molecule has 1 aliphatic heterocycles. The van der Waals surface area contributed by atoms with Gasteiger partial charge in [0.05, 0.1) is 13.2 Å². The van der Waals surface area contributed by atoms with Gasteiger partial charge in [-0.3, -0.25) is 0 Å². The Morgan fingerprint density at radius 2 is 1.37 bits per heavy atom. The van der Waals surface area contributed by atoms with Crippen LogP contribution in [0.4, 0.5) is 0 Å². The summed E-state index contributed by atoms with van der Waals surface area (Å²) in [6.07, 6.45) is 3.18. The molecule has 0 amide bonds. The van der Waals surface area contributed by atoms with Crippen LogP contribution in [-0.4, -0.2) is 18.3 Å². The molecule has 27 heavy (non-hydrogen) atoms. The molecule has 2 aliphatic rings. The van der Waals surface area contributed by atoms with Crippen molar-refractivity contribution in [3.05, 3.63) is 76.4 Å². The summed E-state index contributed by atoms with van der Waals surface area (Å²) in [5, 5.41) is 10.4. The number of benzene rings is 2. The molecule has 1 aliphatic carbocycles. The van der Waals surface area contributed by atoms with E-state index in [9.17, 15) is 5.11 Å². The lowest BCUT2D eigenvalue weighted by molar-refractivity contribution is -0.129. The van der Waals surface area contributed by atoms with Crippen LogP contribution in [0.1, 0.15) is 62.3 Å². The lowest BCUT2D eigenvalue weighted by atomic mass is 9.85. The van der Waals surface area contributed by atoms with Crippen LogP contribution in [0.2, 0.25) is 0 Å². The van der Waals surface area contributed by atoms with Crippen LogP contribution >= 0.6 is 0 Å². The standard InChI is InChI=1S/C24H28O3/c1-23(2,3)19-11-13-21(14-12-19)24(26-15-16-27-24)20-9-7-18(8-10-20)22(25)17-5-4-6-17/h7-14,25H,4-6,15-16H2,1-3H3. The third-order valence-corrected chi connectivity index (χ3v) is 5.66. The topological polar surface area (TPSA) is 38.7 Å². The zero-order valence-electron chi connectivity index (χ0n) is 16.4.